The first-order chi connectivity index (χ1) is 4.61. The topological polar surface area (TPSA) is 52.6 Å². The summed E-state index contributed by atoms with van der Waals surface area (Å²) in [5.41, 5.74) is 0. The zero-order valence-corrected chi connectivity index (χ0v) is 5.34. The Hall–Kier alpha value is -1.10. The van der Waals surface area contributed by atoms with E-state index in [0.29, 0.717) is 0 Å². The van der Waals surface area contributed by atoms with Crippen molar-refractivity contribution in [1.82, 2.24) is 10.2 Å². The van der Waals surface area contributed by atoms with Gasteiger partial charge in [0.2, 0.25) is 0 Å². The van der Waals surface area contributed by atoms with E-state index in [4.69, 9.17) is 5.11 Å². The van der Waals surface area contributed by atoms with Gasteiger partial charge in [0, 0.05) is 13.2 Å². The zero-order valence-electron chi connectivity index (χ0n) is 5.34. The van der Waals surface area contributed by atoms with Gasteiger partial charge < -0.3 is 15.3 Å². The van der Waals surface area contributed by atoms with Crippen LogP contribution in [0.3, 0.4) is 0 Å². The second-order valence-corrected chi connectivity index (χ2v) is 1.98. The second kappa shape index (κ2) is 2.26. The van der Waals surface area contributed by atoms with Gasteiger partial charge in [-0.25, -0.2) is 9.18 Å². The van der Waals surface area contributed by atoms with Crippen LogP contribution in [0.1, 0.15) is 0 Å². The number of nitrogens with one attached hydrogen (secondary N) is 1. The predicted octanol–water partition coefficient (Wildman–Crippen LogP) is -0.229. The van der Waals surface area contributed by atoms with Crippen LogP contribution in [-0.4, -0.2) is 29.3 Å². The van der Waals surface area contributed by atoms with E-state index in [1.54, 1.807) is 0 Å². The van der Waals surface area contributed by atoms with E-state index in [9.17, 15) is 9.18 Å². The fourth-order valence-electron chi connectivity index (χ4n) is 0.602. The molecule has 0 aromatic rings. The number of rotatable bonds is 0. The molecule has 2 N–H and O–H groups in total. The highest BCUT2D eigenvalue weighted by Gasteiger charge is 2.21. The van der Waals surface area contributed by atoms with Gasteiger partial charge in [-0.2, -0.15) is 0 Å². The lowest BCUT2D eigenvalue weighted by Crippen LogP contribution is -2.45. The van der Waals surface area contributed by atoms with Gasteiger partial charge in [-0.15, -0.1) is 0 Å². The molecule has 4 nitrogen and oxygen atoms in total. The predicted molar refractivity (Wildman–Crippen MR) is 31.5 cm³/mol. The Morgan fingerprint density at radius 2 is 2.50 bits per heavy atom. The lowest BCUT2D eigenvalue weighted by molar-refractivity contribution is 0.127. The third-order valence-electron chi connectivity index (χ3n) is 1.16. The highest BCUT2D eigenvalue weighted by Crippen LogP contribution is 2.08. The zero-order chi connectivity index (χ0) is 7.72. The summed E-state index contributed by atoms with van der Waals surface area (Å²) in [4.78, 5) is 11.6. The summed E-state index contributed by atoms with van der Waals surface area (Å²) in [7, 11) is 1.39. The number of aliphatic hydroxyl groups is 1. The van der Waals surface area contributed by atoms with Crippen LogP contribution in [0.15, 0.2) is 12.0 Å². The molecule has 1 rings (SSSR count). The molecule has 0 spiro atoms. The van der Waals surface area contributed by atoms with Crippen molar-refractivity contribution < 1.29 is 14.3 Å². The van der Waals surface area contributed by atoms with Crippen LogP contribution in [0.4, 0.5) is 9.18 Å². The van der Waals surface area contributed by atoms with E-state index in [1.165, 1.54) is 7.05 Å². The molecule has 0 radical (unpaired) electrons. The van der Waals surface area contributed by atoms with Crippen molar-refractivity contribution in [1.29, 1.82) is 0 Å². The third-order valence-corrected chi connectivity index (χ3v) is 1.16. The summed E-state index contributed by atoms with van der Waals surface area (Å²) in [6.45, 7) is 0. The average Bonchev–Trinajstić information content (AvgIpc) is 1.84. The number of urea groups is 1. The second-order valence-electron chi connectivity index (χ2n) is 1.98. The molecule has 5 heteroatoms. The normalized spacial score (nSPS) is 25.9. The first-order valence-corrected chi connectivity index (χ1v) is 2.70. The quantitative estimate of drug-likeness (QED) is 0.496. The first kappa shape index (κ1) is 7.01. The van der Waals surface area contributed by atoms with Crippen molar-refractivity contribution >= 4 is 6.03 Å². The highest BCUT2D eigenvalue weighted by molar-refractivity contribution is 5.76. The number of amides is 2. The van der Waals surface area contributed by atoms with Gasteiger partial charge in [0.1, 0.15) is 0 Å². The number of aliphatic hydroxyl groups excluding tert-OH is 1. The van der Waals surface area contributed by atoms with E-state index in [2.05, 4.69) is 0 Å². The summed E-state index contributed by atoms with van der Waals surface area (Å²) in [5.74, 6) is -0.762. The molecule has 2 amide bonds. The molecule has 1 aliphatic heterocycles. The maximum Gasteiger partial charge on any atom is 0.323 e. The van der Waals surface area contributed by atoms with Crippen molar-refractivity contribution in [3.8, 4) is 0 Å². The lowest BCUT2D eigenvalue weighted by atomic mass is 10.4. The van der Waals surface area contributed by atoms with E-state index in [1.807, 2.05) is 5.32 Å². The molecule has 1 aliphatic rings. The molecule has 0 aliphatic carbocycles. The fourth-order valence-corrected chi connectivity index (χ4v) is 0.602. The summed E-state index contributed by atoms with van der Waals surface area (Å²) in [5, 5.41) is 10.6. The molecule has 0 saturated heterocycles. The minimum atomic E-state index is -1.48. The van der Waals surface area contributed by atoms with Gasteiger partial charge in [0.05, 0.1) is 0 Å². The van der Waals surface area contributed by atoms with Gasteiger partial charge >= 0.3 is 6.03 Å². The van der Waals surface area contributed by atoms with Crippen LogP contribution in [0.25, 0.3) is 0 Å². The molecule has 1 heterocycles. The van der Waals surface area contributed by atoms with Gasteiger partial charge in [-0.1, -0.05) is 0 Å². The lowest BCUT2D eigenvalue weighted by Gasteiger charge is -2.22. The minimum Gasteiger partial charge on any atom is -0.367 e. The number of nitrogens with zero attached hydrogens (tertiary/aromatic N) is 1. The Morgan fingerprint density at radius 1 is 1.90 bits per heavy atom. The first-order valence-electron chi connectivity index (χ1n) is 2.70. The Labute approximate surface area is 56.9 Å². The van der Waals surface area contributed by atoms with Crippen molar-refractivity contribution in [2.24, 2.45) is 0 Å². The molecule has 0 saturated carbocycles. The van der Waals surface area contributed by atoms with Crippen LogP contribution < -0.4 is 5.32 Å². The van der Waals surface area contributed by atoms with Gasteiger partial charge in [0.15, 0.2) is 12.1 Å². The van der Waals surface area contributed by atoms with Gasteiger partial charge in [0.25, 0.3) is 0 Å². The fraction of sp³-hybridized carbons (Fsp3) is 0.400. The van der Waals surface area contributed by atoms with Crippen molar-refractivity contribution in [3.05, 3.63) is 12.0 Å². The van der Waals surface area contributed by atoms with E-state index >= 15 is 0 Å². The summed E-state index contributed by atoms with van der Waals surface area (Å²) < 4.78 is 12.4. The van der Waals surface area contributed by atoms with Gasteiger partial charge in [-0.05, 0) is 0 Å². The van der Waals surface area contributed by atoms with Crippen molar-refractivity contribution in [2.75, 3.05) is 7.05 Å². The summed E-state index contributed by atoms with van der Waals surface area (Å²) in [6, 6.07) is -0.520. The van der Waals surface area contributed by atoms with Crippen LogP contribution in [0, 0.1) is 0 Å². The van der Waals surface area contributed by atoms with Crippen molar-refractivity contribution in [2.45, 2.75) is 6.23 Å². The standard InChI is InChI=1S/C5H7FN2O2/c1-8-2-3(6)4(9)7-5(8)10/h2,4,9H,1H3,(H,7,10). The maximum atomic E-state index is 12.4. The number of carbonyl (C=O) groups excluding carboxylic acids is 1. The van der Waals surface area contributed by atoms with E-state index < -0.39 is 18.1 Å². The molecule has 0 aromatic carbocycles. The SMILES string of the molecule is CN1C=C(F)C(O)NC1=O. The summed E-state index contributed by atoms with van der Waals surface area (Å²) >= 11 is 0. The Morgan fingerprint density at radius 3 is 3.00 bits per heavy atom. The molecule has 0 aromatic heterocycles. The molecule has 1 unspecified atom stereocenters. The Kier molecular flexibility index (Phi) is 1.58. The average molecular weight is 146 g/mol. The molecular formula is C5H7FN2O2. The Balaban J connectivity index is 2.79. The molecule has 1 atom stereocenters. The monoisotopic (exact) mass is 146 g/mol. The highest BCUT2D eigenvalue weighted by atomic mass is 19.1. The van der Waals surface area contributed by atoms with E-state index in [0.717, 1.165) is 11.1 Å². The number of hydrogen-bond acceptors (Lipinski definition) is 2. The molecule has 0 bridgehead atoms. The molecule has 10 heavy (non-hydrogen) atoms. The third kappa shape index (κ3) is 1.08. The Bertz CT molecular complexity index is 192. The van der Waals surface area contributed by atoms with Crippen molar-refractivity contribution in [3.63, 3.8) is 0 Å². The largest absolute Gasteiger partial charge is 0.367 e. The number of halogens is 1. The molecule has 56 valence electrons. The van der Waals surface area contributed by atoms with Crippen LogP contribution in [-0.2, 0) is 0 Å². The smallest absolute Gasteiger partial charge is 0.323 e. The van der Waals surface area contributed by atoms with Crippen LogP contribution in [0.5, 0.6) is 0 Å². The van der Waals surface area contributed by atoms with Gasteiger partial charge in [-0.3, -0.25) is 0 Å². The minimum absolute atomic E-state index is 0.520. The number of carbonyl (C=O) groups is 1. The van der Waals surface area contributed by atoms with Crippen LogP contribution >= 0.6 is 0 Å². The van der Waals surface area contributed by atoms with E-state index in [-0.39, 0.29) is 0 Å². The molecular weight excluding hydrogens is 139 g/mol. The maximum absolute atomic E-state index is 12.4. The molecule has 0 fully saturated rings. The van der Waals surface area contributed by atoms with Crippen LogP contribution in [0.2, 0.25) is 0 Å². The number of hydrogen-bond donors (Lipinski definition) is 2. The summed E-state index contributed by atoms with van der Waals surface area (Å²) in [6.07, 6.45) is -0.549.